The second-order valence-electron chi connectivity index (χ2n) is 22.6. The standard InChI is InChI=1S/C65H87NO19/c1-6-31-80-62(77)57-54(72)37-65(79)36-45(69)33-53(71)52(70)30-29-43(67)32-44(68)34-56(73)82-41(4)40(3)59(74)39(2)23-17-15-13-11-9-7-8-10-12-14-16-18-24-46(35-55(57)85-65)84-63-61(76)58(60(75)42(5)83-63)66-64(78)81-38-51-49-27-21-19-25-47(49)48-26-20-22-28-50(48)51/h6-28,39-46,51-55,57-61,63,67-72,74-76,79H,1,29-38H2,2-5H3,(H,66,78)/t39-,40-,41-,42+,43+,44+,45-,46-,52+,53+,54-,55-,57+,58-,59+,60+,61-,63-,65+/m0/s1. The molecule has 0 aromatic heterocycles. The Hall–Kier alpha value is -5.95. The van der Waals surface area contributed by atoms with Crippen molar-refractivity contribution >= 4 is 18.0 Å². The third kappa shape index (κ3) is 20.0. The average Bonchev–Trinajstić information content (AvgIpc) is 2.66. The lowest BCUT2D eigenvalue weighted by Crippen LogP contribution is -2.64. The molecule has 1 amide bonds. The van der Waals surface area contributed by atoms with Crippen LogP contribution in [0.3, 0.4) is 0 Å². The molecule has 0 saturated carbocycles. The number of rotatable bonds is 8. The molecule has 1 aliphatic carbocycles. The Morgan fingerprint density at radius 1 is 0.659 bits per heavy atom. The molecular weight excluding hydrogens is 1100 g/mol. The first kappa shape index (κ1) is 68.2. The Bertz CT molecular complexity index is 2640. The number of aliphatic hydroxyl groups excluding tert-OH is 9. The molecule has 11 N–H and O–H groups in total. The topological polar surface area (TPSA) is 321 Å². The smallest absolute Gasteiger partial charge is 0.407 e. The van der Waals surface area contributed by atoms with Crippen LogP contribution in [-0.2, 0) is 38.0 Å². The highest BCUT2D eigenvalue weighted by Crippen LogP contribution is 2.45. The fourth-order valence-corrected chi connectivity index (χ4v) is 11.1. The minimum atomic E-state index is -2.37. The van der Waals surface area contributed by atoms with E-state index in [1.54, 1.807) is 74.6 Å². The summed E-state index contributed by atoms with van der Waals surface area (Å²) in [5.41, 5.74) is 4.01. The van der Waals surface area contributed by atoms with E-state index in [1.165, 1.54) is 19.1 Å². The van der Waals surface area contributed by atoms with Crippen LogP contribution in [0.25, 0.3) is 11.1 Å². The number of hydrogen-bond acceptors (Lipinski definition) is 19. The van der Waals surface area contributed by atoms with E-state index < -0.39 is 153 Å². The first-order valence-electron chi connectivity index (χ1n) is 29.2. The summed E-state index contributed by atoms with van der Waals surface area (Å²) < 4.78 is 35.3. The highest BCUT2D eigenvalue weighted by Gasteiger charge is 2.52. The maximum atomic E-state index is 13.7. The first-order chi connectivity index (χ1) is 40.6. The molecule has 85 heavy (non-hydrogen) atoms. The number of allylic oxidation sites excluding steroid dienone is 12. The Morgan fingerprint density at radius 2 is 1.25 bits per heavy atom. The average molecular weight is 1190 g/mol. The minimum Gasteiger partial charge on any atom is -0.462 e. The van der Waals surface area contributed by atoms with Crippen LogP contribution >= 0.6 is 0 Å². The van der Waals surface area contributed by atoms with Crippen molar-refractivity contribution in [1.29, 1.82) is 0 Å². The van der Waals surface area contributed by atoms with E-state index in [4.69, 9.17) is 28.4 Å². The number of carbonyl (C=O) groups is 3. The zero-order chi connectivity index (χ0) is 61.8. The Kier molecular flexibility index (Phi) is 26.7. The van der Waals surface area contributed by atoms with Crippen molar-refractivity contribution in [3.05, 3.63) is 157 Å². The summed E-state index contributed by atoms with van der Waals surface area (Å²) >= 11 is 0. The van der Waals surface area contributed by atoms with E-state index in [0.717, 1.165) is 22.3 Å². The maximum Gasteiger partial charge on any atom is 0.407 e. The van der Waals surface area contributed by atoms with E-state index in [0.29, 0.717) is 0 Å². The number of ether oxygens (including phenoxy) is 6. The van der Waals surface area contributed by atoms with Gasteiger partial charge in [0.15, 0.2) is 12.1 Å². The summed E-state index contributed by atoms with van der Waals surface area (Å²) in [5, 5.41) is 115. The summed E-state index contributed by atoms with van der Waals surface area (Å²) in [6.07, 6.45) is 2.75. The van der Waals surface area contributed by atoms with Crippen LogP contribution in [0, 0.1) is 17.8 Å². The number of fused-ring (bicyclic) bond motifs is 5. The fourth-order valence-electron chi connectivity index (χ4n) is 11.1. The summed E-state index contributed by atoms with van der Waals surface area (Å²) in [4.78, 5) is 40.1. The first-order valence-corrected chi connectivity index (χ1v) is 29.2. The number of benzene rings is 2. The lowest BCUT2D eigenvalue weighted by atomic mass is 9.82. The zero-order valence-electron chi connectivity index (χ0n) is 48.7. The number of hydrogen-bond donors (Lipinski definition) is 11. The molecule has 3 heterocycles. The van der Waals surface area contributed by atoms with Crippen LogP contribution in [0.1, 0.15) is 96.1 Å². The monoisotopic (exact) mass is 1190 g/mol. The van der Waals surface area contributed by atoms with Gasteiger partial charge in [-0.05, 0) is 55.4 Å². The molecule has 466 valence electrons. The molecule has 0 radical (unpaired) electrons. The van der Waals surface area contributed by atoms with E-state index in [-0.39, 0.29) is 50.7 Å². The van der Waals surface area contributed by atoms with Crippen LogP contribution in [0.2, 0.25) is 0 Å². The second-order valence-corrected chi connectivity index (χ2v) is 22.6. The van der Waals surface area contributed by atoms with E-state index >= 15 is 0 Å². The van der Waals surface area contributed by atoms with Crippen molar-refractivity contribution in [3.8, 4) is 11.1 Å². The number of cyclic esters (lactones) is 1. The van der Waals surface area contributed by atoms with Gasteiger partial charge in [0, 0.05) is 43.4 Å². The molecule has 3 aliphatic heterocycles. The van der Waals surface area contributed by atoms with Gasteiger partial charge >= 0.3 is 18.0 Å². The third-order valence-electron chi connectivity index (χ3n) is 15.9. The van der Waals surface area contributed by atoms with Crippen molar-refractivity contribution in [3.63, 3.8) is 0 Å². The molecule has 2 fully saturated rings. The molecule has 19 atom stereocenters. The normalized spacial score (nSPS) is 35.2. The summed E-state index contributed by atoms with van der Waals surface area (Å²) in [6.45, 7) is 10.0. The van der Waals surface area contributed by atoms with Crippen LogP contribution in [0.5, 0.6) is 0 Å². The molecule has 4 aliphatic rings. The van der Waals surface area contributed by atoms with Gasteiger partial charge in [-0.25, -0.2) is 4.79 Å². The van der Waals surface area contributed by atoms with Gasteiger partial charge in [-0.3, -0.25) is 9.59 Å². The summed E-state index contributed by atoms with van der Waals surface area (Å²) in [7, 11) is 0. The fraction of sp³-hybridized carbons (Fsp3) is 0.523. The summed E-state index contributed by atoms with van der Waals surface area (Å²) in [5.74, 6) is -6.55. The minimum absolute atomic E-state index is 0.0506. The molecule has 0 spiro atoms. The highest BCUT2D eigenvalue weighted by atomic mass is 16.7. The van der Waals surface area contributed by atoms with Crippen molar-refractivity contribution in [2.24, 2.45) is 17.8 Å². The van der Waals surface area contributed by atoms with Gasteiger partial charge in [-0.1, -0.05) is 160 Å². The SMILES string of the molecule is C=CCOC(=O)[C@H]1[C@@H]2C[C@@H](O[C@@H]3O[C@H](C)[C@@H](O)[C@H](NC(=O)OCC4c5ccccc5-c5ccccc54)[C@@H]3O)C=CC=CC=CC=CC=CC=CC=C[C@H](C)[C@@H](O)[C@@H](C)[C@H](C)OC(=O)C[C@H](O)C[C@H](O)CC[C@@H](O)[C@H](O)C[C@H](O)C[C@](O)(C[C@@H]1O)O2. The molecule has 2 bridgehead atoms. The molecule has 6 rings (SSSR count). The van der Waals surface area contributed by atoms with Gasteiger partial charge in [0.1, 0.15) is 37.4 Å². The van der Waals surface area contributed by atoms with Gasteiger partial charge < -0.3 is 84.8 Å². The molecule has 20 heteroatoms. The predicted molar refractivity (Wildman–Crippen MR) is 315 cm³/mol. The van der Waals surface area contributed by atoms with Crippen molar-refractivity contribution in [2.75, 3.05) is 13.2 Å². The van der Waals surface area contributed by atoms with Gasteiger partial charge in [0.2, 0.25) is 0 Å². The molecule has 2 aromatic carbocycles. The molecule has 20 nitrogen and oxygen atoms in total. The number of carbonyl (C=O) groups excluding carboxylic acids is 3. The van der Waals surface area contributed by atoms with Crippen LogP contribution in [0.15, 0.2) is 146 Å². The highest BCUT2D eigenvalue weighted by molar-refractivity contribution is 5.79. The molecule has 2 aromatic rings. The Morgan fingerprint density at radius 3 is 1.86 bits per heavy atom. The number of alkyl carbamates (subject to hydrolysis) is 1. The van der Waals surface area contributed by atoms with E-state index in [9.17, 15) is 65.4 Å². The van der Waals surface area contributed by atoms with Gasteiger partial charge in [-0.15, -0.1) is 0 Å². The van der Waals surface area contributed by atoms with Crippen molar-refractivity contribution in [2.45, 2.75) is 182 Å². The van der Waals surface area contributed by atoms with Crippen molar-refractivity contribution < 1.29 is 93.9 Å². The quantitative estimate of drug-likeness (QED) is 0.0948. The van der Waals surface area contributed by atoms with Gasteiger partial charge in [0.25, 0.3) is 0 Å². The summed E-state index contributed by atoms with van der Waals surface area (Å²) in [6, 6.07) is 14.2. The van der Waals surface area contributed by atoms with Gasteiger partial charge in [0.05, 0.1) is 73.5 Å². The number of amides is 1. The second kappa shape index (κ2) is 33.2. The Labute approximate surface area is 497 Å². The van der Waals surface area contributed by atoms with Crippen molar-refractivity contribution in [1.82, 2.24) is 5.32 Å². The van der Waals surface area contributed by atoms with Gasteiger partial charge in [-0.2, -0.15) is 0 Å². The van der Waals surface area contributed by atoms with E-state index in [2.05, 4.69) is 11.9 Å². The van der Waals surface area contributed by atoms with E-state index in [1.807, 2.05) is 73.7 Å². The van der Waals surface area contributed by atoms with Crippen LogP contribution < -0.4 is 5.32 Å². The molecule has 0 unspecified atom stereocenters. The van der Waals surface area contributed by atoms with Crippen LogP contribution in [-0.4, -0.2) is 180 Å². The molecule has 2 saturated heterocycles. The number of esters is 2. The maximum absolute atomic E-state index is 13.7. The lowest BCUT2D eigenvalue weighted by molar-refractivity contribution is -0.309. The van der Waals surface area contributed by atoms with Crippen LogP contribution in [0.4, 0.5) is 4.79 Å². The largest absolute Gasteiger partial charge is 0.462 e. The Balaban J connectivity index is 1.22. The number of nitrogens with one attached hydrogen (secondary N) is 1. The number of aliphatic hydroxyl groups is 10. The third-order valence-corrected chi connectivity index (χ3v) is 15.9. The lowest BCUT2D eigenvalue weighted by Gasteiger charge is -2.45. The predicted octanol–water partition coefficient (Wildman–Crippen LogP) is 4.94. The molecular formula is C65H87NO19. The zero-order valence-corrected chi connectivity index (χ0v) is 48.7.